The average Bonchev–Trinajstić information content (AvgIpc) is 2.73. The van der Waals surface area contributed by atoms with E-state index in [1.807, 2.05) is 26.8 Å². The van der Waals surface area contributed by atoms with Crippen molar-refractivity contribution in [3.8, 4) is 0 Å². The van der Waals surface area contributed by atoms with Gasteiger partial charge < -0.3 is 15.1 Å². The average molecular weight is 224 g/mol. The Labute approximate surface area is 96.4 Å². The predicted octanol–water partition coefficient (Wildman–Crippen LogP) is 1.65. The summed E-state index contributed by atoms with van der Waals surface area (Å²) >= 11 is 0. The molecule has 4 heteroatoms. The molecule has 1 amide bonds. The molecule has 0 aliphatic carbocycles. The minimum atomic E-state index is -0.0832. The summed E-state index contributed by atoms with van der Waals surface area (Å²) in [7, 11) is 0. The lowest BCUT2D eigenvalue weighted by atomic mass is 10.2. The molecule has 2 N–H and O–H groups in total. The van der Waals surface area contributed by atoms with Crippen molar-refractivity contribution in [3.63, 3.8) is 0 Å². The van der Waals surface area contributed by atoms with E-state index in [1.165, 1.54) is 0 Å². The first kappa shape index (κ1) is 12.8. The van der Waals surface area contributed by atoms with Crippen LogP contribution >= 0.6 is 0 Å². The largest absolute Gasteiger partial charge is 0.456 e. The fourth-order valence-corrected chi connectivity index (χ4v) is 1.56. The van der Waals surface area contributed by atoms with Crippen LogP contribution in [0.25, 0.3) is 0 Å². The fourth-order valence-electron chi connectivity index (χ4n) is 1.56. The lowest BCUT2D eigenvalue weighted by Gasteiger charge is -2.25. The van der Waals surface area contributed by atoms with Crippen LogP contribution in [0.15, 0.2) is 16.5 Å². The summed E-state index contributed by atoms with van der Waals surface area (Å²) in [6, 6.07) is 3.70. The number of carbonyl (C=O) groups is 1. The molecule has 0 saturated heterocycles. The number of hydrogen-bond acceptors (Lipinski definition) is 3. The van der Waals surface area contributed by atoms with Gasteiger partial charge >= 0.3 is 0 Å². The molecule has 0 bridgehead atoms. The first-order chi connectivity index (χ1) is 7.60. The highest BCUT2D eigenvalue weighted by atomic mass is 16.4. The zero-order chi connectivity index (χ0) is 12.1. The van der Waals surface area contributed by atoms with Gasteiger partial charge in [-0.25, -0.2) is 0 Å². The van der Waals surface area contributed by atoms with Crippen molar-refractivity contribution in [2.45, 2.75) is 33.2 Å². The van der Waals surface area contributed by atoms with E-state index < -0.39 is 0 Å². The van der Waals surface area contributed by atoms with E-state index >= 15 is 0 Å². The Morgan fingerprint density at radius 3 is 2.62 bits per heavy atom. The Morgan fingerprint density at radius 2 is 2.19 bits per heavy atom. The molecule has 0 aliphatic rings. The van der Waals surface area contributed by atoms with Gasteiger partial charge in [0.2, 0.25) is 0 Å². The maximum absolute atomic E-state index is 12.1. The number of aryl methyl sites for hydroxylation is 1. The van der Waals surface area contributed by atoms with Crippen molar-refractivity contribution in [2.75, 3.05) is 13.1 Å². The van der Waals surface area contributed by atoms with Gasteiger partial charge in [0, 0.05) is 25.6 Å². The summed E-state index contributed by atoms with van der Waals surface area (Å²) in [5, 5.41) is 0. The van der Waals surface area contributed by atoms with Crippen LogP contribution in [0.5, 0.6) is 0 Å². The normalized spacial score (nSPS) is 10.8. The third-order valence-corrected chi connectivity index (χ3v) is 2.48. The number of hydrogen-bond donors (Lipinski definition) is 1. The standard InChI is InChI=1S/C12H20N2O2/c1-4-10-5-6-11(16-10)12(15)14(8-7-13)9(2)3/h5-6,9H,4,7-8,13H2,1-3H3. The van der Waals surface area contributed by atoms with Gasteiger partial charge in [-0.1, -0.05) is 6.92 Å². The van der Waals surface area contributed by atoms with Gasteiger partial charge in [-0.3, -0.25) is 4.79 Å². The number of amides is 1. The van der Waals surface area contributed by atoms with Gasteiger partial charge in [-0.2, -0.15) is 0 Å². The van der Waals surface area contributed by atoms with Gasteiger partial charge in [0.05, 0.1) is 0 Å². The molecule has 4 nitrogen and oxygen atoms in total. The van der Waals surface area contributed by atoms with Crippen LogP contribution in [0.4, 0.5) is 0 Å². The second-order valence-corrected chi connectivity index (χ2v) is 4.00. The molecular formula is C12H20N2O2. The van der Waals surface area contributed by atoms with E-state index in [2.05, 4.69) is 0 Å². The van der Waals surface area contributed by atoms with E-state index in [9.17, 15) is 4.79 Å². The third kappa shape index (κ3) is 2.85. The SMILES string of the molecule is CCc1ccc(C(=O)N(CCN)C(C)C)o1. The van der Waals surface area contributed by atoms with Gasteiger partial charge in [0.15, 0.2) is 5.76 Å². The Morgan fingerprint density at radius 1 is 1.50 bits per heavy atom. The maximum atomic E-state index is 12.1. The lowest BCUT2D eigenvalue weighted by molar-refractivity contribution is 0.0677. The number of rotatable bonds is 5. The van der Waals surface area contributed by atoms with Crippen LogP contribution in [0.3, 0.4) is 0 Å². The number of nitrogens with two attached hydrogens (primary N) is 1. The molecule has 16 heavy (non-hydrogen) atoms. The van der Waals surface area contributed by atoms with Crippen molar-refractivity contribution < 1.29 is 9.21 Å². The molecule has 1 aromatic heterocycles. The highest BCUT2D eigenvalue weighted by Gasteiger charge is 2.20. The predicted molar refractivity (Wildman–Crippen MR) is 63.3 cm³/mol. The number of furan rings is 1. The summed E-state index contributed by atoms with van der Waals surface area (Å²) in [5.74, 6) is 1.15. The van der Waals surface area contributed by atoms with E-state index in [4.69, 9.17) is 10.2 Å². The Hall–Kier alpha value is -1.29. The van der Waals surface area contributed by atoms with Crippen LogP contribution in [0.2, 0.25) is 0 Å². The molecule has 0 saturated carbocycles. The Balaban J connectivity index is 2.81. The molecule has 0 fully saturated rings. The van der Waals surface area contributed by atoms with Crippen molar-refractivity contribution in [1.82, 2.24) is 4.90 Å². The third-order valence-electron chi connectivity index (χ3n) is 2.48. The molecule has 0 aromatic carbocycles. The molecule has 0 radical (unpaired) electrons. The monoisotopic (exact) mass is 224 g/mol. The Bertz CT molecular complexity index is 345. The van der Waals surface area contributed by atoms with Crippen LogP contribution in [-0.4, -0.2) is 29.9 Å². The van der Waals surface area contributed by atoms with Crippen molar-refractivity contribution in [1.29, 1.82) is 0 Å². The van der Waals surface area contributed by atoms with Crippen LogP contribution in [-0.2, 0) is 6.42 Å². The summed E-state index contributed by atoms with van der Waals surface area (Å²) in [4.78, 5) is 13.8. The van der Waals surface area contributed by atoms with E-state index in [0.717, 1.165) is 12.2 Å². The molecule has 0 aliphatic heterocycles. The number of carbonyl (C=O) groups excluding carboxylic acids is 1. The molecule has 0 atom stereocenters. The molecule has 0 spiro atoms. The Kier molecular flexibility index (Phi) is 4.55. The minimum absolute atomic E-state index is 0.0832. The zero-order valence-electron chi connectivity index (χ0n) is 10.2. The number of nitrogens with zero attached hydrogens (tertiary/aromatic N) is 1. The first-order valence-corrected chi connectivity index (χ1v) is 5.69. The summed E-state index contributed by atoms with van der Waals surface area (Å²) in [6.45, 7) is 6.95. The van der Waals surface area contributed by atoms with Crippen LogP contribution in [0, 0.1) is 0 Å². The molecule has 90 valence electrons. The van der Waals surface area contributed by atoms with Crippen LogP contribution in [0.1, 0.15) is 37.1 Å². The highest BCUT2D eigenvalue weighted by molar-refractivity contribution is 5.91. The van der Waals surface area contributed by atoms with E-state index in [-0.39, 0.29) is 11.9 Å². The smallest absolute Gasteiger partial charge is 0.289 e. The van der Waals surface area contributed by atoms with E-state index in [0.29, 0.717) is 18.8 Å². The summed E-state index contributed by atoms with van der Waals surface area (Å²) in [6.07, 6.45) is 0.797. The van der Waals surface area contributed by atoms with Crippen LogP contribution < -0.4 is 5.73 Å². The van der Waals surface area contributed by atoms with Crippen molar-refractivity contribution >= 4 is 5.91 Å². The topological polar surface area (TPSA) is 59.5 Å². The molecule has 1 heterocycles. The van der Waals surface area contributed by atoms with E-state index in [1.54, 1.807) is 11.0 Å². The van der Waals surface area contributed by atoms with Gasteiger partial charge in [-0.15, -0.1) is 0 Å². The van der Waals surface area contributed by atoms with Crippen molar-refractivity contribution in [2.24, 2.45) is 5.73 Å². The first-order valence-electron chi connectivity index (χ1n) is 5.69. The molecular weight excluding hydrogens is 204 g/mol. The minimum Gasteiger partial charge on any atom is -0.456 e. The molecule has 1 aromatic rings. The van der Waals surface area contributed by atoms with Gasteiger partial charge in [-0.05, 0) is 26.0 Å². The quantitative estimate of drug-likeness (QED) is 0.827. The van der Waals surface area contributed by atoms with Gasteiger partial charge in [0.25, 0.3) is 5.91 Å². The highest BCUT2D eigenvalue weighted by Crippen LogP contribution is 2.12. The van der Waals surface area contributed by atoms with Crippen molar-refractivity contribution in [3.05, 3.63) is 23.7 Å². The maximum Gasteiger partial charge on any atom is 0.289 e. The van der Waals surface area contributed by atoms with Gasteiger partial charge in [0.1, 0.15) is 5.76 Å². The molecule has 1 rings (SSSR count). The summed E-state index contributed by atoms with van der Waals surface area (Å²) < 4.78 is 5.44. The summed E-state index contributed by atoms with van der Waals surface area (Å²) in [5.41, 5.74) is 5.49. The lowest BCUT2D eigenvalue weighted by Crippen LogP contribution is -2.40. The fraction of sp³-hybridized carbons (Fsp3) is 0.583. The second kappa shape index (κ2) is 5.70. The zero-order valence-corrected chi connectivity index (χ0v) is 10.2. The second-order valence-electron chi connectivity index (χ2n) is 4.00. The molecule has 0 unspecified atom stereocenters.